The number of amides is 1. The third kappa shape index (κ3) is 19.1. The van der Waals surface area contributed by atoms with Crippen molar-refractivity contribution in [2.24, 2.45) is 5.73 Å². The van der Waals surface area contributed by atoms with Crippen molar-refractivity contribution in [1.82, 2.24) is 0 Å². The number of ether oxygens (including phenoxy) is 1. The predicted molar refractivity (Wildman–Crippen MR) is 36.9 cm³/mol. The summed E-state index contributed by atoms with van der Waals surface area (Å²) in [7, 11) is 3.25. The standard InChI is InChI=1S/C4H7NO.C2H6O/c1-3(2)4(5)6;1-3-2/h1H2,2H3,(H2,5,6);1-2H3. The molecular weight excluding hydrogens is 118 g/mol. The van der Waals surface area contributed by atoms with E-state index in [1.54, 1.807) is 21.1 Å². The summed E-state index contributed by atoms with van der Waals surface area (Å²) in [6, 6.07) is 0. The van der Waals surface area contributed by atoms with Gasteiger partial charge in [-0.15, -0.1) is 0 Å². The van der Waals surface area contributed by atoms with Gasteiger partial charge in [0.05, 0.1) is 0 Å². The summed E-state index contributed by atoms with van der Waals surface area (Å²) in [5, 5.41) is 0. The molecule has 0 aliphatic heterocycles. The molecule has 0 aromatic rings. The van der Waals surface area contributed by atoms with Crippen molar-refractivity contribution in [3.63, 3.8) is 0 Å². The van der Waals surface area contributed by atoms with Gasteiger partial charge < -0.3 is 10.5 Å². The van der Waals surface area contributed by atoms with Gasteiger partial charge >= 0.3 is 0 Å². The maximum atomic E-state index is 9.82. The first kappa shape index (κ1) is 11.0. The third-order valence-electron chi connectivity index (χ3n) is 0.421. The maximum absolute atomic E-state index is 9.82. The third-order valence-corrected chi connectivity index (χ3v) is 0.421. The highest BCUT2D eigenvalue weighted by Gasteiger charge is 1.86. The Morgan fingerprint density at radius 2 is 1.67 bits per heavy atom. The van der Waals surface area contributed by atoms with E-state index in [-0.39, 0.29) is 0 Å². The van der Waals surface area contributed by atoms with Gasteiger partial charge in [0.1, 0.15) is 0 Å². The van der Waals surface area contributed by atoms with Crippen LogP contribution in [0.1, 0.15) is 6.92 Å². The van der Waals surface area contributed by atoms with Crippen molar-refractivity contribution >= 4 is 5.91 Å². The van der Waals surface area contributed by atoms with Gasteiger partial charge in [0.15, 0.2) is 0 Å². The zero-order valence-electron chi connectivity index (χ0n) is 6.10. The largest absolute Gasteiger partial charge is 0.388 e. The first-order valence-electron chi connectivity index (χ1n) is 2.41. The van der Waals surface area contributed by atoms with Crippen LogP contribution >= 0.6 is 0 Å². The number of carbonyl (C=O) groups excluding carboxylic acids is 1. The van der Waals surface area contributed by atoms with E-state index in [4.69, 9.17) is 5.73 Å². The molecule has 0 bridgehead atoms. The lowest BCUT2D eigenvalue weighted by atomic mass is 10.3. The summed E-state index contributed by atoms with van der Waals surface area (Å²) in [5.74, 6) is -0.435. The van der Waals surface area contributed by atoms with Crippen LogP contribution in [0.4, 0.5) is 0 Å². The average molecular weight is 131 g/mol. The summed E-state index contributed by atoms with van der Waals surface area (Å²) in [5.41, 5.74) is 5.09. The quantitative estimate of drug-likeness (QED) is 0.521. The summed E-state index contributed by atoms with van der Waals surface area (Å²) >= 11 is 0. The topological polar surface area (TPSA) is 52.3 Å². The Hall–Kier alpha value is -0.830. The predicted octanol–water partition coefficient (Wildman–Crippen LogP) is 0.310. The highest BCUT2D eigenvalue weighted by Crippen LogP contribution is 1.78. The van der Waals surface area contributed by atoms with Crippen LogP contribution in [-0.4, -0.2) is 20.1 Å². The lowest BCUT2D eigenvalue weighted by Gasteiger charge is -1.81. The molecule has 0 heterocycles. The highest BCUT2D eigenvalue weighted by atomic mass is 16.4. The Labute approximate surface area is 55.5 Å². The van der Waals surface area contributed by atoms with Gasteiger partial charge in [-0.3, -0.25) is 4.79 Å². The van der Waals surface area contributed by atoms with Crippen LogP contribution in [0.2, 0.25) is 0 Å². The van der Waals surface area contributed by atoms with Crippen LogP contribution in [-0.2, 0) is 9.53 Å². The molecular formula is C6H13NO2. The van der Waals surface area contributed by atoms with E-state index in [0.717, 1.165) is 0 Å². The fraction of sp³-hybridized carbons (Fsp3) is 0.500. The maximum Gasteiger partial charge on any atom is 0.243 e. The first-order chi connectivity index (χ1) is 4.06. The van der Waals surface area contributed by atoms with Gasteiger partial charge in [-0.1, -0.05) is 6.58 Å². The second-order valence-corrected chi connectivity index (χ2v) is 1.55. The smallest absolute Gasteiger partial charge is 0.243 e. The van der Waals surface area contributed by atoms with Gasteiger partial charge in [-0.25, -0.2) is 0 Å². The van der Waals surface area contributed by atoms with E-state index >= 15 is 0 Å². The number of hydrogen-bond acceptors (Lipinski definition) is 2. The van der Waals surface area contributed by atoms with Gasteiger partial charge in [0, 0.05) is 19.8 Å². The Morgan fingerprint density at radius 3 is 1.67 bits per heavy atom. The van der Waals surface area contributed by atoms with Crippen molar-refractivity contribution in [2.45, 2.75) is 6.92 Å². The molecule has 0 aliphatic rings. The fourth-order valence-corrected chi connectivity index (χ4v) is 0. The van der Waals surface area contributed by atoms with E-state index in [2.05, 4.69) is 11.3 Å². The fourth-order valence-electron chi connectivity index (χ4n) is 0. The van der Waals surface area contributed by atoms with E-state index < -0.39 is 5.91 Å². The molecule has 0 radical (unpaired) electrons. The molecule has 0 fully saturated rings. The molecule has 3 heteroatoms. The Kier molecular flexibility index (Phi) is 8.79. The lowest BCUT2D eigenvalue weighted by Crippen LogP contribution is -2.10. The van der Waals surface area contributed by atoms with E-state index in [1.165, 1.54) is 0 Å². The average Bonchev–Trinajstić information content (AvgIpc) is 1.68. The Bertz CT molecular complexity index is 87.2. The van der Waals surface area contributed by atoms with Crippen molar-refractivity contribution in [1.29, 1.82) is 0 Å². The zero-order valence-corrected chi connectivity index (χ0v) is 6.10. The van der Waals surface area contributed by atoms with Crippen LogP contribution in [0, 0.1) is 0 Å². The molecule has 0 saturated carbocycles. The zero-order chi connectivity index (χ0) is 7.86. The van der Waals surface area contributed by atoms with Crippen LogP contribution in [0.25, 0.3) is 0 Å². The molecule has 9 heavy (non-hydrogen) atoms. The highest BCUT2D eigenvalue weighted by molar-refractivity contribution is 5.90. The minimum Gasteiger partial charge on any atom is -0.388 e. The van der Waals surface area contributed by atoms with Gasteiger partial charge in [0.25, 0.3) is 0 Å². The molecule has 0 atom stereocenters. The van der Waals surface area contributed by atoms with Crippen molar-refractivity contribution in [3.8, 4) is 0 Å². The van der Waals surface area contributed by atoms with E-state index in [0.29, 0.717) is 5.57 Å². The SMILES string of the molecule is C=C(C)C(N)=O.COC. The number of methoxy groups -OCH3 is 1. The molecule has 0 aromatic heterocycles. The molecule has 0 unspecified atom stereocenters. The number of carbonyl (C=O) groups is 1. The monoisotopic (exact) mass is 131 g/mol. The molecule has 0 rings (SSSR count). The molecule has 54 valence electrons. The molecule has 0 aromatic carbocycles. The Balaban J connectivity index is 0. The number of primary amides is 1. The molecule has 3 nitrogen and oxygen atoms in total. The second kappa shape index (κ2) is 7.17. The first-order valence-corrected chi connectivity index (χ1v) is 2.41. The summed E-state index contributed by atoms with van der Waals surface area (Å²) in [6.45, 7) is 4.85. The number of hydrogen-bond donors (Lipinski definition) is 1. The van der Waals surface area contributed by atoms with Crippen molar-refractivity contribution in [2.75, 3.05) is 14.2 Å². The van der Waals surface area contributed by atoms with E-state index in [1.807, 2.05) is 0 Å². The molecule has 1 amide bonds. The second-order valence-electron chi connectivity index (χ2n) is 1.55. The van der Waals surface area contributed by atoms with Gasteiger partial charge in [-0.2, -0.15) is 0 Å². The van der Waals surface area contributed by atoms with Crippen molar-refractivity contribution in [3.05, 3.63) is 12.2 Å². The molecule has 0 aliphatic carbocycles. The van der Waals surface area contributed by atoms with Crippen LogP contribution in [0.3, 0.4) is 0 Å². The summed E-state index contributed by atoms with van der Waals surface area (Å²) in [4.78, 5) is 9.82. The normalized spacial score (nSPS) is 7.00. The van der Waals surface area contributed by atoms with Crippen LogP contribution in [0.15, 0.2) is 12.2 Å². The van der Waals surface area contributed by atoms with Gasteiger partial charge in [0.2, 0.25) is 5.91 Å². The summed E-state index contributed by atoms with van der Waals surface area (Å²) < 4.78 is 4.25. The lowest BCUT2D eigenvalue weighted by molar-refractivity contribution is -0.114. The van der Waals surface area contributed by atoms with Gasteiger partial charge in [-0.05, 0) is 6.92 Å². The number of nitrogens with two attached hydrogens (primary N) is 1. The molecule has 0 saturated heterocycles. The summed E-state index contributed by atoms with van der Waals surface area (Å²) in [6.07, 6.45) is 0. The molecule has 0 spiro atoms. The minimum absolute atomic E-state index is 0.398. The number of rotatable bonds is 1. The van der Waals surface area contributed by atoms with Crippen molar-refractivity contribution < 1.29 is 9.53 Å². The minimum atomic E-state index is -0.435. The van der Waals surface area contributed by atoms with E-state index in [9.17, 15) is 4.79 Å². The van der Waals surface area contributed by atoms with Crippen LogP contribution < -0.4 is 5.73 Å². The molecule has 2 N–H and O–H groups in total. The Morgan fingerprint density at radius 1 is 1.56 bits per heavy atom. The van der Waals surface area contributed by atoms with Crippen LogP contribution in [0.5, 0.6) is 0 Å².